The zero-order chi connectivity index (χ0) is 11.1. The number of halogens is 1. The first-order valence-electron chi connectivity index (χ1n) is 5.23. The lowest BCUT2D eigenvalue weighted by atomic mass is 10.2. The van der Waals surface area contributed by atoms with Crippen molar-refractivity contribution in [3.63, 3.8) is 0 Å². The summed E-state index contributed by atoms with van der Waals surface area (Å²) in [5.41, 5.74) is 0. The van der Waals surface area contributed by atoms with Gasteiger partial charge in [0.1, 0.15) is 0 Å². The minimum absolute atomic E-state index is 0.125. The Labute approximate surface area is 103 Å². The average Bonchev–Trinajstić information content (AvgIpc) is 2.59. The van der Waals surface area contributed by atoms with Gasteiger partial charge >= 0.3 is 0 Å². The molecular formula is C11H16BrNOS. The number of carbonyl (C=O) groups excluding carboxylic acids is 1. The van der Waals surface area contributed by atoms with E-state index in [9.17, 15) is 4.79 Å². The highest BCUT2D eigenvalue weighted by atomic mass is 79.9. The van der Waals surface area contributed by atoms with Crippen LogP contribution in [0.4, 0.5) is 0 Å². The maximum atomic E-state index is 11.5. The standard InChI is InChI=1S/C11H16BrNOS/c1-2-3-4-7-13-11(14)8-9-5-6-10(12)15-9/h5-6H,2-4,7-8H2,1H3,(H,13,14). The Bertz CT molecular complexity index is 311. The molecule has 0 spiro atoms. The molecule has 0 aromatic carbocycles. The van der Waals surface area contributed by atoms with Crippen molar-refractivity contribution in [3.05, 3.63) is 20.8 Å². The van der Waals surface area contributed by atoms with E-state index in [1.807, 2.05) is 12.1 Å². The summed E-state index contributed by atoms with van der Waals surface area (Å²) in [7, 11) is 0. The fraction of sp³-hybridized carbons (Fsp3) is 0.545. The lowest BCUT2D eigenvalue weighted by molar-refractivity contribution is -0.120. The molecule has 15 heavy (non-hydrogen) atoms. The lowest BCUT2D eigenvalue weighted by Gasteiger charge is -2.02. The fourth-order valence-corrected chi connectivity index (χ4v) is 2.75. The summed E-state index contributed by atoms with van der Waals surface area (Å²) >= 11 is 5.00. The molecule has 1 aromatic heterocycles. The third-order valence-corrected chi connectivity index (χ3v) is 3.69. The molecule has 0 aliphatic rings. The van der Waals surface area contributed by atoms with Crippen LogP contribution in [0.5, 0.6) is 0 Å². The maximum absolute atomic E-state index is 11.5. The Morgan fingerprint density at radius 2 is 2.27 bits per heavy atom. The number of amides is 1. The second-order valence-electron chi connectivity index (χ2n) is 3.44. The smallest absolute Gasteiger partial charge is 0.225 e. The minimum Gasteiger partial charge on any atom is -0.356 e. The van der Waals surface area contributed by atoms with Crippen molar-refractivity contribution in [2.45, 2.75) is 32.6 Å². The molecule has 1 N–H and O–H groups in total. The highest BCUT2D eigenvalue weighted by Gasteiger charge is 2.04. The van der Waals surface area contributed by atoms with Gasteiger partial charge in [0, 0.05) is 11.4 Å². The molecule has 0 fully saturated rings. The van der Waals surface area contributed by atoms with Crippen molar-refractivity contribution in [3.8, 4) is 0 Å². The molecule has 1 aromatic rings. The van der Waals surface area contributed by atoms with Gasteiger partial charge in [0.2, 0.25) is 5.91 Å². The van der Waals surface area contributed by atoms with Gasteiger partial charge in [0.15, 0.2) is 0 Å². The second kappa shape index (κ2) is 7.01. The van der Waals surface area contributed by atoms with Crippen molar-refractivity contribution < 1.29 is 4.79 Å². The Kier molecular flexibility index (Phi) is 5.95. The minimum atomic E-state index is 0.125. The predicted octanol–water partition coefficient (Wildman–Crippen LogP) is 3.36. The quantitative estimate of drug-likeness (QED) is 0.800. The van der Waals surface area contributed by atoms with E-state index in [1.165, 1.54) is 12.8 Å². The molecule has 0 radical (unpaired) electrons. The molecule has 1 rings (SSSR count). The molecule has 0 saturated carbocycles. The molecule has 0 saturated heterocycles. The molecule has 4 heteroatoms. The van der Waals surface area contributed by atoms with E-state index in [4.69, 9.17) is 0 Å². The summed E-state index contributed by atoms with van der Waals surface area (Å²) in [5.74, 6) is 0.125. The van der Waals surface area contributed by atoms with E-state index in [0.29, 0.717) is 6.42 Å². The zero-order valence-electron chi connectivity index (χ0n) is 8.88. The van der Waals surface area contributed by atoms with Crippen molar-refractivity contribution in [1.29, 1.82) is 0 Å². The van der Waals surface area contributed by atoms with E-state index in [2.05, 4.69) is 28.2 Å². The Hall–Kier alpha value is -0.350. The Morgan fingerprint density at radius 1 is 1.47 bits per heavy atom. The van der Waals surface area contributed by atoms with Crippen molar-refractivity contribution in [2.75, 3.05) is 6.54 Å². The highest BCUT2D eigenvalue weighted by molar-refractivity contribution is 9.11. The number of thiophene rings is 1. The van der Waals surface area contributed by atoms with Crippen LogP contribution in [0.3, 0.4) is 0 Å². The Balaban J connectivity index is 2.18. The average molecular weight is 290 g/mol. The van der Waals surface area contributed by atoms with Gasteiger partial charge < -0.3 is 5.32 Å². The van der Waals surface area contributed by atoms with Crippen LogP contribution in [-0.2, 0) is 11.2 Å². The molecule has 84 valence electrons. The second-order valence-corrected chi connectivity index (χ2v) is 5.99. The normalized spacial score (nSPS) is 10.3. The number of rotatable bonds is 6. The fourth-order valence-electron chi connectivity index (χ4n) is 1.27. The van der Waals surface area contributed by atoms with Crippen LogP contribution in [0.1, 0.15) is 31.1 Å². The molecule has 0 bridgehead atoms. The molecule has 1 amide bonds. The van der Waals surface area contributed by atoms with Crippen molar-refractivity contribution >= 4 is 33.2 Å². The summed E-state index contributed by atoms with van der Waals surface area (Å²) < 4.78 is 1.08. The molecule has 0 unspecified atom stereocenters. The van der Waals surface area contributed by atoms with Gasteiger partial charge in [0.25, 0.3) is 0 Å². The van der Waals surface area contributed by atoms with Crippen LogP contribution in [0.25, 0.3) is 0 Å². The summed E-state index contributed by atoms with van der Waals surface area (Å²) in [6, 6.07) is 3.96. The van der Waals surface area contributed by atoms with Crippen LogP contribution in [-0.4, -0.2) is 12.5 Å². The summed E-state index contributed by atoms with van der Waals surface area (Å²) in [6.45, 7) is 2.96. The molecule has 2 nitrogen and oxygen atoms in total. The van der Waals surface area contributed by atoms with Gasteiger partial charge in [-0.05, 0) is 34.5 Å². The van der Waals surface area contributed by atoms with E-state index in [0.717, 1.165) is 21.6 Å². The van der Waals surface area contributed by atoms with Crippen molar-refractivity contribution in [1.82, 2.24) is 5.32 Å². The van der Waals surface area contributed by atoms with Gasteiger partial charge in [-0.3, -0.25) is 4.79 Å². The maximum Gasteiger partial charge on any atom is 0.225 e. The highest BCUT2D eigenvalue weighted by Crippen LogP contribution is 2.22. The van der Waals surface area contributed by atoms with Crippen molar-refractivity contribution in [2.24, 2.45) is 0 Å². The third kappa shape index (κ3) is 5.33. The first-order chi connectivity index (χ1) is 7.22. The monoisotopic (exact) mass is 289 g/mol. The van der Waals surface area contributed by atoms with Crippen LogP contribution in [0.2, 0.25) is 0 Å². The van der Waals surface area contributed by atoms with Gasteiger partial charge in [-0.1, -0.05) is 19.8 Å². The number of nitrogens with one attached hydrogen (secondary N) is 1. The van der Waals surface area contributed by atoms with Crippen LogP contribution in [0, 0.1) is 0 Å². The number of hydrogen-bond donors (Lipinski definition) is 1. The SMILES string of the molecule is CCCCCNC(=O)Cc1ccc(Br)s1. The van der Waals surface area contributed by atoms with E-state index < -0.39 is 0 Å². The summed E-state index contributed by atoms with van der Waals surface area (Å²) in [5, 5.41) is 2.93. The van der Waals surface area contributed by atoms with Gasteiger partial charge in [0.05, 0.1) is 10.2 Å². The van der Waals surface area contributed by atoms with Gasteiger partial charge in [-0.15, -0.1) is 11.3 Å². The molecule has 1 heterocycles. The number of unbranched alkanes of at least 4 members (excludes halogenated alkanes) is 2. The molecular weight excluding hydrogens is 274 g/mol. The largest absolute Gasteiger partial charge is 0.356 e. The summed E-state index contributed by atoms with van der Waals surface area (Å²) in [6.07, 6.45) is 3.96. The van der Waals surface area contributed by atoms with Crippen LogP contribution < -0.4 is 5.32 Å². The van der Waals surface area contributed by atoms with Gasteiger partial charge in [-0.2, -0.15) is 0 Å². The lowest BCUT2D eigenvalue weighted by Crippen LogP contribution is -2.25. The van der Waals surface area contributed by atoms with Crippen LogP contribution in [0.15, 0.2) is 15.9 Å². The van der Waals surface area contributed by atoms with Crippen LogP contribution >= 0.6 is 27.3 Å². The topological polar surface area (TPSA) is 29.1 Å². The summed E-state index contributed by atoms with van der Waals surface area (Å²) in [4.78, 5) is 12.6. The molecule has 0 atom stereocenters. The predicted molar refractivity (Wildman–Crippen MR) is 68.3 cm³/mol. The van der Waals surface area contributed by atoms with E-state index >= 15 is 0 Å². The van der Waals surface area contributed by atoms with E-state index in [-0.39, 0.29) is 5.91 Å². The first-order valence-corrected chi connectivity index (χ1v) is 6.84. The third-order valence-electron chi connectivity index (χ3n) is 2.07. The van der Waals surface area contributed by atoms with Gasteiger partial charge in [-0.25, -0.2) is 0 Å². The Morgan fingerprint density at radius 3 is 2.87 bits per heavy atom. The van der Waals surface area contributed by atoms with E-state index in [1.54, 1.807) is 11.3 Å². The number of hydrogen-bond acceptors (Lipinski definition) is 2. The zero-order valence-corrected chi connectivity index (χ0v) is 11.3. The molecule has 0 aliphatic heterocycles. The number of carbonyl (C=O) groups is 1. The molecule has 0 aliphatic carbocycles. The first kappa shape index (κ1) is 12.7.